The zero-order valence-electron chi connectivity index (χ0n) is 23.4. The van der Waals surface area contributed by atoms with Crippen molar-refractivity contribution < 1.29 is 32.4 Å². The fourth-order valence-electron chi connectivity index (χ4n) is 4.11. The van der Waals surface area contributed by atoms with Gasteiger partial charge in [-0.15, -0.1) is 0 Å². The normalized spacial score (nSPS) is 11.7. The molecule has 3 aromatic carbocycles. The molecule has 0 aromatic heterocycles. The minimum Gasteiger partial charge on any atom is -0.497 e. The zero-order valence-corrected chi connectivity index (χ0v) is 24.2. The summed E-state index contributed by atoms with van der Waals surface area (Å²) in [5.41, 5.74) is 0.683. The number of hydrogen-bond acceptors (Lipinski definition) is 8. The number of nitrogens with zero attached hydrogens (tertiary/aromatic N) is 3. The van der Waals surface area contributed by atoms with Crippen molar-refractivity contribution in [2.75, 3.05) is 32.1 Å². The first-order valence-corrected chi connectivity index (χ1v) is 13.9. The van der Waals surface area contributed by atoms with E-state index < -0.39 is 39.3 Å². The lowest BCUT2D eigenvalue weighted by Gasteiger charge is -2.31. The summed E-state index contributed by atoms with van der Waals surface area (Å²) in [5, 5.41) is 14.1. The quantitative estimate of drug-likeness (QED) is 0.252. The number of likely N-dealkylation sites (N-methyl/N-ethyl adjacent to an activating group) is 1. The molecule has 1 atom stereocenters. The van der Waals surface area contributed by atoms with Crippen molar-refractivity contribution in [3.8, 4) is 11.5 Å². The van der Waals surface area contributed by atoms with Gasteiger partial charge in [0.05, 0.1) is 29.7 Å². The molecule has 218 valence electrons. The molecule has 41 heavy (non-hydrogen) atoms. The van der Waals surface area contributed by atoms with Gasteiger partial charge in [-0.2, -0.15) is 0 Å². The highest BCUT2D eigenvalue weighted by Crippen LogP contribution is 2.29. The Bertz CT molecular complexity index is 1530. The molecular formula is C28H32N4O8S. The molecule has 0 saturated heterocycles. The average molecular weight is 585 g/mol. The third kappa shape index (κ3) is 7.11. The van der Waals surface area contributed by atoms with Gasteiger partial charge in [0.15, 0.2) is 0 Å². The Morgan fingerprint density at radius 1 is 1.00 bits per heavy atom. The van der Waals surface area contributed by atoms with E-state index in [0.717, 1.165) is 10.4 Å². The molecule has 13 heteroatoms. The lowest BCUT2D eigenvalue weighted by Crippen LogP contribution is -2.50. The van der Waals surface area contributed by atoms with Crippen LogP contribution in [0.4, 0.5) is 11.4 Å². The number of nitro benzene ring substituents is 1. The molecule has 0 fully saturated rings. The van der Waals surface area contributed by atoms with E-state index in [1.165, 1.54) is 76.4 Å². The van der Waals surface area contributed by atoms with Gasteiger partial charge in [-0.25, -0.2) is 8.42 Å². The van der Waals surface area contributed by atoms with Gasteiger partial charge in [0, 0.05) is 25.2 Å². The molecular weight excluding hydrogens is 552 g/mol. The van der Waals surface area contributed by atoms with Crippen LogP contribution in [0.15, 0.2) is 71.6 Å². The summed E-state index contributed by atoms with van der Waals surface area (Å²) in [6, 6.07) is 15.5. The monoisotopic (exact) mass is 584 g/mol. The molecule has 0 saturated carbocycles. The average Bonchev–Trinajstić information content (AvgIpc) is 2.97. The Labute approximate surface area is 238 Å². The number of sulfonamides is 1. The topological polar surface area (TPSA) is 148 Å². The predicted molar refractivity (Wildman–Crippen MR) is 152 cm³/mol. The molecule has 3 aromatic rings. The van der Waals surface area contributed by atoms with E-state index in [2.05, 4.69) is 5.32 Å². The van der Waals surface area contributed by atoms with Gasteiger partial charge in [0.25, 0.3) is 15.7 Å². The molecule has 1 N–H and O–H groups in total. The first kappa shape index (κ1) is 30.9. The number of nitrogens with one attached hydrogen (secondary N) is 1. The van der Waals surface area contributed by atoms with Crippen LogP contribution in [0.3, 0.4) is 0 Å². The standard InChI is InChI=1S/C28H32N4O8S/c1-19-9-14-25(16-26(19)32(35)36)41(37,38)31(22-10-12-23(39-4)13-11-22)18-27(33)30(20(2)28(34)29-3)17-21-7-6-8-24(15-21)40-5/h6-16,20H,17-18H2,1-5H3,(H,29,34). The highest BCUT2D eigenvalue weighted by atomic mass is 32.2. The lowest BCUT2D eigenvalue weighted by molar-refractivity contribution is -0.385. The van der Waals surface area contributed by atoms with Crippen LogP contribution < -0.4 is 19.1 Å². The largest absolute Gasteiger partial charge is 0.497 e. The highest BCUT2D eigenvalue weighted by Gasteiger charge is 2.33. The maximum Gasteiger partial charge on any atom is 0.273 e. The molecule has 0 bridgehead atoms. The van der Waals surface area contributed by atoms with Gasteiger partial charge in [0.1, 0.15) is 24.1 Å². The zero-order chi connectivity index (χ0) is 30.3. The van der Waals surface area contributed by atoms with E-state index in [0.29, 0.717) is 17.1 Å². The minimum atomic E-state index is -4.49. The van der Waals surface area contributed by atoms with Crippen LogP contribution in [0.1, 0.15) is 18.1 Å². The van der Waals surface area contributed by atoms with Gasteiger partial charge in [-0.05, 0) is 61.9 Å². The molecule has 1 unspecified atom stereocenters. The van der Waals surface area contributed by atoms with Crippen LogP contribution >= 0.6 is 0 Å². The van der Waals surface area contributed by atoms with Crippen LogP contribution in [0, 0.1) is 17.0 Å². The van der Waals surface area contributed by atoms with Crippen molar-refractivity contribution in [2.24, 2.45) is 0 Å². The number of benzene rings is 3. The van der Waals surface area contributed by atoms with Gasteiger partial charge in [-0.1, -0.05) is 18.2 Å². The Kier molecular flexibility index (Phi) is 9.90. The summed E-state index contributed by atoms with van der Waals surface area (Å²) in [4.78, 5) is 38.2. The minimum absolute atomic E-state index is 0.0167. The summed E-state index contributed by atoms with van der Waals surface area (Å²) in [7, 11) is -0.0985. The Balaban J connectivity index is 2.09. The number of ether oxygens (including phenoxy) is 2. The third-order valence-electron chi connectivity index (χ3n) is 6.51. The highest BCUT2D eigenvalue weighted by molar-refractivity contribution is 7.92. The Hall–Kier alpha value is -4.65. The van der Waals surface area contributed by atoms with Gasteiger partial charge < -0.3 is 19.7 Å². The first-order chi connectivity index (χ1) is 19.4. The summed E-state index contributed by atoms with van der Waals surface area (Å²) < 4.78 is 39.2. The second-order valence-corrected chi connectivity index (χ2v) is 10.9. The number of carbonyl (C=O) groups excluding carboxylic acids is 2. The maximum atomic E-state index is 13.9. The summed E-state index contributed by atoms with van der Waals surface area (Å²) in [6.07, 6.45) is 0. The number of nitro groups is 1. The maximum absolute atomic E-state index is 13.9. The second-order valence-electron chi connectivity index (χ2n) is 9.08. The molecule has 0 aliphatic heterocycles. The van der Waals surface area contributed by atoms with Gasteiger partial charge in [0.2, 0.25) is 11.8 Å². The number of methoxy groups -OCH3 is 2. The van der Waals surface area contributed by atoms with Crippen molar-refractivity contribution >= 4 is 33.2 Å². The molecule has 12 nitrogen and oxygen atoms in total. The van der Waals surface area contributed by atoms with Crippen molar-refractivity contribution in [1.29, 1.82) is 0 Å². The van der Waals surface area contributed by atoms with E-state index in [9.17, 15) is 28.1 Å². The summed E-state index contributed by atoms with van der Waals surface area (Å²) in [5.74, 6) is -0.124. The summed E-state index contributed by atoms with van der Waals surface area (Å²) >= 11 is 0. The fourth-order valence-corrected chi connectivity index (χ4v) is 5.54. The number of amides is 2. The molecule has 3 rings (SSSR count). The third-order valence-corrected chi connectivity index (χ3v) is 8.28. The van der Waals surface area contributed by atoms with E-state index >= 15 is 0 Å². The Morgan fingerprint density at radius 3 is 2.24 bits per heavy atom. The van der Waals surface area contributed by atoms with E-state index in [1.807, 2.05) is 0 Å². The van der Waals surface area contributed by atoms with Crippen LogP contribution in [-0.4, -0.2) is 63.9 Å². The van der Waals surface area contributed by atoms with Gasteiger partial charge >= 0.3 is 0 Å². The smallest absolute Gasteiger partial charge is 0.273 e. The molecule has 0 aliphatic rings. The molecule has 0 aliphatic carbocycles. The van der Waals surface area contributed by atoms with Crippen molar-refractivity contribution in [3.63, 3.8) is 0 Å². The van der Waals surface area contributed by atoms with Crippen LogP contribution in [-0.2, 0) is 26.2 Å². The number of anilines is 1. The number of hydrogen-bond donors (Lipinski definition) is 1. The van der Waals surface area contributed by atoms with Crippen LogP contribution in [0.5, 0.6) is 11.5 Å². The Morgan fingerprint density at radius 2 is 1.66 bits per heavy atom. The number of carbonyl (C=O) groups is 2. The van der Waals surface area contributed by atoms with Crippen molar-refractivity contribution in [3.05, 3.63) is 88.0 Å². The predicted octanol–water partition coefficient (Wildman–Crippen LogP) is 3.28. The molecule has 2 amide bonds. The molecule has 0 heterocycles. The SMILES string of the molecule is CNC(=O)C(C)N(Cc1cccc(OC)c1)C(=O)CN(c1ccc(OC)cc1)S(=O)(=O)c1ccc(C)c([N+](=O)[O-])c1. The van der Waals surface area contributed by atoms with Crippen molar-refractivity contribution in [2.45, 2.75) is 31.3 Å². The van der Waals surface area contributed by atoms with Crippen molar-refractivity contribution in [1.82, 2.24) is 10.2 Å². The number of aryl methyl sites for hydroxylation is 1. The van der Waals surface area contributed by atoms with Crippen LogP contribution in [0.25, 0.3) is 0 Å². The van der Waals surface area contributed by atoms with E-state index in [-0.39, 0.29) is 28.4 Å². The summed E-state index contributed by atoms with van der Waals surface area (Å²) in [6.45, 7) is 2.32. The second kappa shape index (κ2) is 13.1. The lowest BCUT2D eigenvalue weighted by atomic mass is 10.1. The fraction of sp³-hybridized carbons (Fsp3) is 0.286. The van der Waals surface area contributed by atoms with Crippen LogP contribution in [0.2, 0.25) is 0 Å². The first-order valence-electron chi connectivity index (χ1n) is 12.5. The molecule has 0 radical (unpaired) electrons. The van der Waals surface area contributed by atoms with E-state index in [1.54, 1.807) is 24.3 Å². The van der Waals surface area contributed by atoms with E-state index in [4.69, 9.17) is 9.47 Å². The number of rotatable bonds is 12. The molecule has 0 spiro atoms. The van der Waals surface area contributed by atoms with Gasteiger partial charge in [-0.3, -0.25) is 24.0 Å².